The van der Waals surface area contributed by atoms with E-state index in [4.69, 9.17) is 39.6 Å². The molecule has 5 nitrogen and oxygen atoms in total. The van der Waals surface area contributed by atoms with E-state index in [2.05, 4.69) is 10.8 Å². The topological polar surface area (TPSA) is 67.4 Å². The van der Waals surface area contributed by atoms with Crippen LogP contribution in [0.4, 0.5) is 0 Å². The normalized spacial score (nSPS) is 23.9. The third-order valence-corrected chi connectivity index (χ3v) is 3.07. The van der Waals surface area contributed by atoms with Gasteiger partial charge in [0.2, 0.25) is 9.70 Å². The maximum Gasteiger partial charge on any atom is 0.258 e. The van der Waals surface area contributed by atoms with Gasteiger partial charge in [-0.05, 0) is 6.26 Å². The summed E-state index contributed by atoms with van der Waals surface area (Å²) in [5.74, 6) is -0.923. The van der Waals surface area contributed by atoms with E-state index >= 15 is 0 Å². The van der Waals surface area contributed by atoms with Crippen LogP contribution in [0.15, 0.2) is 0 Å². The van der Waals surface area contributed by atoms with Crippen LogP contribution in [0.2, 0.25) is 0 Å². The number of hydroxylamine groups is 1. The van der Waals surface area contributed by atoms with Crippen LogP contribution in [0.25, 0.3) is 0 Å². The number of carbonyl (C=O) groups is 2. The number of thioether (sulfide) groups is 1. The Morgan fingerprint density at radius 3 is 2.71 bits per heavy atom. The summed E-state index contributed by atoms with van der Waals surface area (Å²) < 4.78 is -1.60. The van der Waals surface area contributed by atoms with Gasteiger partial charge in [0, 0.05) is 5.75 Å². The van der Waals surface area contributed by atoms with Crippen molar-refractivity contribution in [3.05, 3.63) is 0 Å². The van der Waals surface area contributed by atoms with Crippen molar-refractivity contribution >= 4 is 58.4 Å². The van der Waals surface area contributed by atoms with Crippen molar-refractivity contribution in [2.75, 3.05) is 18.6 Å². The fraction of sp³-hybridized carbons (Fsp3) is 0.750. The van der Waals surface area contributed by atoms with Crippen LogP contribution in [0.5, 0.6) is 0 Å². The number of nitrogens with one attached hydrogen (secondary N) is 2. The number of halogens is 3. The Balaban J connectivity index is 2.34. The Kier molecular flexibility index (Phi) is 5.66. The molecule has 1 rings (SSSR count). The Morgan fingerprint density at radius 2 is 2.24 bits per heavy atom. The third-order valence-electron chi connectivity index (χ3n) is 2.05. The molecule has 2 N–H and O–H groups in total. The van der Waals surface area contributed by atoms with E-state index in [-0.39, 0.29) is 18.6 Å². The van der Waals surface area contributed by atoms with E-state index in [1.165, 1.54) is 11.8 Å². The van der Waals surface area contributed by atoms with Crippen LogP contribution >= 0.6 is 46.6 Å². The first-order valence-corrected chi connectivity index (χ1v) is 7.15. The van der Waals surface area contributed by atoms with E-state index in [0.717, 1.165) is 0 Å². The van der Waals surface area contributed by atoms with Gasteiger partial charge < -0.3 is 5.32 Å². The summed E-state index contributed by atoms with van der Waals surface area (Å²) >= 11 is 17.8. The molecule has 2 unspecified atom stereocenters. The maximum absolute atomic E-state index is 11.6. The van der Waals surface area contributed by atoms with Gasteiger partial charge in [-0.2, -0.15) is 11.8 Å². The highest BCUT2D eigenvalue weighted by molar-refractivity contribution is 7.98. The molecular weight excluding hydrogens is 311 g/mol. The standard InChI is InChI=1S/C8H11Cl3N2O3S/c1-17-2-4-5(6(14)12-4)7(15)13-16-3-8(9,10)11/h4-5H,2-3H2,1H3,(H,12,14)(H,13,15). The van der Waals surface area contributed by atoms with E-state index in [0.29, 0.717) is 5.75 Å². The fourth-order valence-electron chi connectivity index (χ4n) is 1.31. The van der Waals surface area contributed by atoms with Gasteiger partial charge in [0.05, 0.1) is 6.04 Å². The molecule has 0 saturated carbocycles. The second-order valence-corrected chi connectivity index (χ2v) is 6.85. The molecule has 1 fully saturated rings. The average molecular weight is 322 g/mol. The number of rotatable bonds is 5. The van der Waals surface area contributed by atoms with Crippen LogP contribution in [0.3, 0.4) is 0 Å². The highest BCUT2D eigenvalue weighted by Crippen LogP contribution is 2.25. The second-order valence-electron chi connectivity index (χ2n) is 3.42. The SMILES string of the molecule is CSCC1NC(=O)C1C(=O)NOCC(Cl)(Cl)Cl. The van der Waals surface area contributed by atoms with E-state index in [9.17, 15) is 9.59 Å². The summed E-state index contributed by atoms with van der Waals surface area (Å²) in [6.45, 7) is -0.287. The molecule has 0 spiro atoms. The third kappa shape index (κ3) is 4.71. The predicted molar refractivity (Wildman–Crippen MR) is 68.2 cm³/mol. The van der Waals surface area contributed by atoms with Crippen molar-refractivity contribution in [1.29, 1.82) is 0 Å². The van der Waals surface area contributed by atoms with E-state index in [1.807, 2.05) is 6.26 Å². The summed E-state index contributed by atoms with van der Waals surface area (Å²) in [5, 5.41) is 2.63. The van der Waals surface area contributed by atoms with Crippen LogP contribution in [0, 0.1) is 5.92 Å². The maximum atomic E-state index is 11.6. The smallest absolute Gasteiger partial charge is 0.258 e. The molecule has 0 bridgehead atoms. The molecule has 0 aromatic heterocycles. The number of amides is 2. The molecule has 1 heterocycles. The quantitative estimate of drug-likeness (QED) is 0.341. The lowest BCUT2D eigenvalue weighted by atomic mass is 9.91. The zero-order valence-corrected chi connectivity index (χ0v) is 11.9. The molecule has 2 atom stereocenters. The summed E-state index contributed by atoms with van der Waals surface area (Å²) in [6, 6.07) is -0.172. The van der Waals surface area contributed by atoms with Crippen LogP contribution < -0.4 is 10.8 Å². The van der Waals surface area contributed by atoms with Gasteiger partial charge >= 0.3 is 0 Å². The molecule has 1 saturated heterocycles. The van der Waals surface area contributed by atoms with E-state index in [1.54, 1.807) is 0 Å². The minimum Gasteiger partial charge on any atom is -0.350 e. The summed E-state index contributed by atoms with van der Waals surface area (Å²) in [6.07, 6.45) is 1.89. The molecule has 9 heteroatoms. The number of carbonyl (C=O) groups excluding carboxylic acids is 2. The van der Waals surface area contributed by atoms with Crippen molar-refractivity contribution in [2.24, 2.45) is 5.92 Å². The minimum atomic E-state index is -1.60. The summed E-state index contributed by atoms with van der Waals surface area (Å²) in [4.78, 5) is 27.5. The largest absolute Gasteiger partial charge is 0.350 e. The first-order valence-electron chi connectivity index (χ1n) is 4.63. The van der Waals surface area contributed by atoms with Crippen molar-refractivity contribution < 1.29 is 14.4 Å². The van der Waals surface area contributed by atoms with Gasteiger partial charge in [0.1, 0.15) is 12.5 Å². The van der Waals surface area contributed by atoms with Gasteiger partial charge in [-0.15, -0.1) is 0 Å². The molecule has 17 heavy (non-hydrogen) atoms. The highest BCUT2D eigenvalue weighted by Gasteiger charge is 2.44. The first-order chi connectivity index (χ1) is 7.85. The molecule has 98 valence electrons. The van der Waals surface area contributed by atoms with Crippen LogP contribution in [-0.4, -0.2) is 40.3 Å². The summed E-state index contributed by atoms with van der Waals surface area (Å²) in [7, 11) is 0. The Morgan fingerprint density at radius 1 is 1.59 bits per heavy atom. The Hall–Kier alpha value is 0.120. The number of hydrogen-bond acceptors (Lipinski definition) is 4. The monoisotopic (exact) mass is 320 g/mol. The molecule has 1 aliphatic rings. The van der Waals surface area contributed by atoms with Crippen LogP contribution in [-0.2, 0) is 14.4 Å². The molecule has 0 radical (unpaired) electrons. The fourth-order valence-corrected chi connectivity index (χ4v) is 2.11. The highest BCUT2D eigenvalue weighted by atomic mass is 35.6. The van der Waals surface area contributed by atoms with Gasteiger partial charge in [-0.25, -0.2) is 5.48 Å². The predicted octanol–water partition coefficient (Wildman–Crippen LogP) is 0.882. The van der Waals surface area contributed by atoms with Crippen molar-refractivity contribution in [1.82, 2.24) is 10.8 Å². The van der Waals surface area contributed by atoms with Gasteiger partial charge in [-0.3, -0.25) is 14.4 Å². The molecule has 0 aromatic carbocycles. The minimum absolute atomic E-state index is 0.172. The van der Waals surface area contributed by atoms with Gasteiger partial charge in [0.15, 0.2) is 0 Å². The van der Waals surface area contributed by atoms with Crippen molar-refractivity contribution in [3.63, 3.8) is 0 Å². The molecule has 0 aromatic rings. The Labute approximate surface area is 118 Å². The number of hydrogen-bond donors (Lipinski definition) is 2. The number of β-lactam (4-membered cyclic amide) rings is 1. The lowest BCUT2D eigenvalue weighted by Gasteiger charge is -2.34. The van der Waals surface area contributed by atoms with Crippen molar-refractivity contribution in [3.8, 4) is 0 Å². The second kappa shape index (κ2) is 6.33. The zero-order chi connectivity index (χ0) is 13.1. The lowest BCUT2D eigenvalue weighted by molar-refractivity contribution is -0.151. The van der Waals surface area contributed by atoms with E-state index < -0.39 is 15.6 Å². The van der Waals surface area contributed by atoms with Gasteiger partial charge in [0.25, 0.3) is 5.91 Å². The summed E-state index contributed by atoms with van der Waals surface area (Å²) in [5.41, 5.74) is 2.10. The zero-order valence-electron chi connectivity index (χ0n) is 8.84. The number of alkyl halides is 3. The average Bonchev–Trinajstić information content (AvgIpc) is 2.14. The molecule has 1 aliphatic heterocycles. The van der Waals surface area contributed by atoms with Gasteiger partial charge in [-0.1, -0.05) is 34.8 Å². The molecule has 2 amide bonds. The first kappa shape index (κ1) is 15.2. The van der Waals surface area contributed by atoms with Crippen LogP contribution in [0.1, 0.15) is 0 Å². The van der Waals surface area contributed by atoms with Crippen molar-refractivity contribution in [2.45, 2.75) is 9.83 Å². The molecular formula is C8H11Cl3N2O3S. The Bertz CT molecular complexity index is 311. The molecule has 0 aliphatic carbocycles. The lowest BCUT2D eigenvalue weighted by Crippen LogP contribution is -2.64.